The Hall–Kier alpha value is -3.16. The number of benzene rings is 2. The fourth-order valence-electron chi connectivity index (χ4n) is 3.56. The minimum atomic E-state index is -0.262. The van der Waals surface area contributed by atoms with Gasteiger partial charge in [0, 0.05) is 30.0 Å². The summed E-state index contributed by atoms with van der Waals surface area (Å²) in [7, 11) is 0. The van der Waals surface area contributed by atoms with Crippen LogP contribution < -0.4 is 5.56 Å². The molecule has 0 aliphatic carbocycles. The summed E-state index contributed by atoms with van der Waals surface area (Å²) in [4.78, 5) is 38.5. The standard InChI is InChI=1S/C24H22Cl2N4O3/c1-2-11-30(14-21-28-19-12-15(25)7-8-17(19)24(32)29-21)23(31)10-9-22-27-13-20(33-22)16-5-3-4-6-18(16)26/h3-8,12-13H,2,9-11,14H2,1H3,(H,28,29,32). The zero-order valence-corrected chi connectivity index (χ0v) is 19.5. The Bertz CT molecular complexity index is 1350. The molecule has 2 heterocycles. The SMILES string of the molecule is CCCN(Cc1nc2cc(Cl)ccc2c(=O)[nH]1)C(=O)CCc1ncc(-c2ccccc2Cl)o1. The highest BCUT2D eigenvalue weighted by molar-refractivity contribution is 6.33. The van der Waals surface area contributed by atoms with Gasteiger partial charge in [-0.05, 0) is 36.8 Å². The van der Waals surface area contributed by atoms with E-state index < -0.39 is 0 Å². The second-order valence-corrected chi connectivity index (χ2v) is 8.43. The molecule has 0 radical (unpaired) electrons. The third-order valence-electron chi connectivity index (χ3n) is 5.15. The summed E-state index contributed by atoms with van der Waals surface area (Å²) in [6.07, 6.45) is 2.94. The highest BCUT2D eigenvalue weighted by Gasteiger charge is 2.17. The molecule has 1 amide bonds. The van der Waals surface area contributed by atoms with Gasteiger partial charge in [0.1, 0.15) is 5.82 Å². The number of hydrogen-bond acceptors (Lipinski definition) is 5. The van der Waals surface area contributed by atoms with Crippen LogP contribution in [0.3, 0.4) is 0 Å². The van der Waals surface area contributed by atoms with Crippen LogP contribution >= 0.6 is 23.2 Å². The van der Waals surface area contributed by atoms with E-state index in [9.17, 15) is 9.59 Å². The smallest absolute Gasteiger partial charge is 0.258 e. The average Bonchev–Trinajstić information content (AvgIpc) is 3.26. The predicted octanol–water partition coefficient (Wildman–Crippen LogP) is 5.26. The van der Waals surface area contributed by atoms with Gasteiger partial charge >= 0.3 is 0 Å². The molecule has 7 nitrogen and oxygen atoms in total. The van der Waals surface area contributed by atoms with Crippen LogP contribution in [-0.2, 0) is 17.8 Å². The van der Waals surface area contributed by atoms with E-state index in [-0.39, 0.29) is 24.4 Å². The van der Waals surface area contributed by atoms with E-state index in [1.807, 2.05) is 25.1 Å². The van der Waals surface area contributed by atoms with Crippen LogP contribution in [0.4, 0.5) is 0 Å². The summed E-state index contributed by atoms with van der Waals surface area (Å²) < 4.78 is 5.80. The van der Waals surface area contributed by atoms with Gasteiger partial charge in [0.25, 0.3) is 5.56 Å². The maximum Gasteiger partial charge on any atom is 0.258 e. The van der Waals surface area contributed by atoms with Crippen LogP contribution in [0.15, 0.2) is 57.9 Å². The first kappa shape index (κ1) is 23.0. The Balaban J connectivity index is 1.45. The van der Waals surface area contributed by atoms with Crippen molar-refractivity contribution in [3.63, 3.8) is 0 Å². The monoisotopic (exact) mass is 484 g/mol. The molecule has 0 spiro atoms. The number of aromatic amines is 1. The summed E-state index contributed by atoms with van der Waals surface area (Å²) in [6, 6.07) is 12.3. The quantitative estimate of drug-likeness (QED) is 0.368. The normalized spacial score (nSPS) is 11.1. The molecule has 0 fully saturated rings. The van der Waals surface area contributed by atoms with Crippen LogP contribution in [0.2, 0.25) is 10.0 Å². The minimum absolute atomic E-state index is 0.0804. The number of fused-ring (bicyclic) bond motifs is 1. The maximum absolute atomic E-state index is 12.9. The molecule has 0 bridgehead atoms. The van der Waals surface area contributed by atoms with Crippen molar-refractivity contribution < 1.29 is 9.21 Å². The second kappa shape index (κ2) is 10.2. The van der Waals surface area contributed by atoms with Gasteiger partial charge in [-0.1, -0.05) is 42.3 Å². The summed E-state index contributed by atoms with van der Waals surface area (Å²) in [5, 5.41) is 1.52. The van der Waals surface area contributed by atoms with E-state index in [2.05, 4.69) is 15.0 Å². The summed E-state index contributed by atoms with van der Waals surface area (Å²) in [5.41, 5.74) is 0.989. The molecule has 4 rings (SSSR count). The van der Waals surface area contributed by atoms with Crippen LogP contribution in [0.25, 0.3) is 22.2 Å². The lowest BCUT2D eigenvalue weighted by molar-refractivity contribution is -0.132. The van der Waals surface area contributed by atoms with Crippen LogP contribution in [0.1, 0.15) is 31.5 Å². The van der Waals surface area contributed by atoms with Crippen molar-refractivity contribution in [1.29, 1.82) is 0 Å². The molecule has 4 aromatic rings. The highest BCUT2D eigenvalue weighted by Crippen LogP contribution is 2.28. The number of aromatic nitrogens is 3. The van der Waals surface area contributed by atoms with E-state index >= 15 is 0 Å². The Labute approximate surface area is 200 Å². The highest BCUT2D eigenvalue weighted by atomic mass is 35.5. The van der Waals surface area contributed by atoms with Crippen LogP contribution in [0, 0.1) is 0 Å². The molecule has 170 valence electrons. The number of rotatable bonds is 8. The number of hydrogen-bond donors (Lipinski definition) is 1. The van der Waals surface area contributed by atoms with Crippen molar-refractivity contribution in [2.45, 2.75) is 32.7 Å². The fraction of sp³-hybridized carbons (Fsp3) is 0.250. The van der Waals surface area contributed by atoms with Crippen molar-refractivity contribution in [2.75, 3.05) is 6.54 Å². The van der Waals surface area contributed by atoms with E-state index in [0.717, 1.165) is 12.0 Å². The third-order valence-corrected chi connectivity index (χ3v) is 5.71. The van der Waals surface area contributed by atoms with Gasteiger partial charge in [-0.3, -0.25) is 9.59 Å². The molecule has 2 aromatic heterocycles. The Morgan fingerprint density at radius 3 is 2.79 bits per heavy atom. The topological polar surface area (TPSA) is 92.1 Å². The minimum Gasteiger partial charge on any atom is -0.441 e. The number of carbonyl (C=O) groups excluding carboxylic acids is 1. The van der Waals surface area contributed by atoms with E-state index in [1.165, 1.54) is 0 Å². The first-order valence-electron chi connectivity index (χ1n) is 10.6. The second-order valence-electron chi connectivity index (χ2n) is 7.59. The first-order chi connectivity index (χ1) is 15.9. The van der Waals surface area contributed by atoms with Gasteiger partial charge in [0.2, 0.25) is 5.91 Å². The Morgan fingerprint density at radius 2 is 2.00 bits per heavy atom. The summed E-state index contributed by atoms with van der Waals surface area (Å²) >= 11 is 12.3. The van der Waals surface area contributed by atoms with Crippen molar-refractivity contribution in [1.82, 2.24) is 19.9 Å². The lowest BCUT2D eigenvalue weighted by Crippen LogP contribution is -2.33. The Kier molecular flexibility index (Phi) is 7.11. The number of carbonyl (C=O) groups is 1. The molecule has 2 aromatic carbocycles. The van der Waals surface area contributed by atoms with Crippen molar-refractivity contribution in [3.8, 4) is 11.3 Å². The van der Waals surface area contributed by atoms with Crippen molar-refractivity contribution in [2.24, 2.45) is 0 Å². The summed E-state index contributed by atoms with van der Waals surface area (Å²) in [6.45, 7) is 2.72. The number of halogens is 2. The molecule has 9 heteroatoms. The van der Waals surface area contributed by atoms with Gasteiger partial charge in [-0.2, -0.15) is 0 Å². The van der Waals surface area contributed by atoms with Gasteiger partial charge in [0.05, 0.1) is 28.7 Å². The average molecular weight is 485 g/mol. The van der Waals surface area contributed by atoms with Gasteiger partial charge in [0.15, 0.2) is 11.7 Å². The van der Waals surface area contributed by atoms with E-state index in [1.54, 1.807) is 35.4 Å². The fourth-order valence-corrected chi connectivity index (χ4v) is 3.96. The van der Waals surface area contributed by atoms with Gasteiger partial charge in [-0.15, -0.1) is 0 Å². The van der Waals surface area contributed by atoms with E-state index in [4.69, 9.17) is 27.6 Å². The number of aryl methyl sites for hydroxylation is 1. The molecular weight excluding hydrogens is 463 g/mol. The first-order valence-corrected chi connectivity index (χ1v) is 11.4. The number of oxazole rings is 1. The molecule has 0 atom stereocenters. The molecule has 0 unspecified atom stereocenters. The van der Waals surface area contributed by atoms with Crippen molar-refractivity contribution in [3.05, 3.63) is 80.8 Å². The van der Waals surface area contributed by atoms with Crippen molar-refractivity contribution >= 4 is 40.0 Å². The summed E-state index contributed by atoms with van der Waals surface area (Å²) in [5.74, 6) is 1.35. The van der Waals surface area contributed by atoms with Crippen LogP contribution in [-0.4, -0.2) is 32.3 Å². The Morgan fingerprint density at radius 1 is 1.18 bits per heavy atom. The molecule has 0 saturated carbocycles. The number of nitrogens with one attached hydrogen (secondary N) is 1. The molecule has 33 heavy (non-hydrogen) atoms. The lowest BCUT2D eigenvalue weighted by Gasteiger charge is -2.21. The van der Waals surface area contributed by atoms with Gasteiger partial charge < -0.3 is 14.3 Å². The zero-order chi connectivity index (χ0) is 23.4. The maximum atomic E-state index is 12.9. The molecule has 0 aliphatic rings. The van der Waals surface area contributed by atoms with Crippen LogP contribution in [0.5, 0.6) is 0 Å². The number of nitrogens with zero attached hydrogens (tertiary/aromatic N) is 3. The van der Waals surface area contributed by atoms with Gasteiger partial charge in [-0.25, -0.2) is 9.97 Å². The predicted molar refractivity (Wildman–Crippen MR) is 128 cm³/mol. The largest absolute Gasteiger partial charge is 0.441 e. The number of amides is 1. The third kappa shape index (κ3) is 5.43. The molecule has 1 N–H and O–H groups in total. The molecular formula is C24H22Cl2N4O3. The molecule has 0 saturated heterocycles. The number of H-pyrrole nitrogens is 1. The lowest BCUT2D eigenvalue weighted by atomic mass is 10.2. The molecule has 0 aliphatic heterocycles. The van der Waals surface area contributed by atoms with E-state index in [0.29, 0.717) is 51.4 Å². The zero-order valence-electron chi connectivity index (χ0n) is 18.0.